The number of allylic oxidation sites excluding steroid dienone is 1. The van der Waals surface area contributed by atoms with Crippen molar-refractivity contribution in [3.63, 3.8) is 0 Å². The number of para-hydroxylation sites is 2. The van der Waals surface area contributed by atoms with Gasteiger partial charge in [0.15, 0.2) is 0 Å². The first-order valence-electron chi connectivity index (χ1n) is 8.99. The Morgan fingerprint density at radius 1 is 1.11 bits per heavy atom. The number of hydrogen-bond acceptors (Lipinski definition) is 4. The fraction of sp³-hybridized carbons (Fsp3) is 0.450. The summed E-state index contributed by atoms with van der Waals surface area (Å²) in [5, 5.41) is 7.86. The number of rotatable bonds is 6. The molecule has 0 radical (unpaired) electrons. The Morgan fingerprint density at radius 3 is 2.26 bits per heavy atom. The van der Waals surface area contributed by atoms with Crippen molar-refractivity contribution in [3.05, 3.63) is 35.9 Å². The molecule has 1 aliphatic carbocycles. The smallest absolute Gasteiger partial charge is 0.408 e. The van der Waals surface area contributed by atoms with Crippen LogP contribution in [0.25, 0.3) is 0 Å². The van der Waals surface area contributed by atoms with Crippen LogP contribution in [0.15, 0.2) is 35.9 Å². The van der Waals surface area contributed by atoms with Crippen molar-refractivity contribution < 1.29 is 19.1 Å². The first-order chi connectivity index (χ1) is 12.6. The van der Waals surface area contributed by atoms with E-state index in [0.717, 1.165) is 18.4 Å². The van der Waals surface area contributed by atoms with E-state index < -0.39 is 17.6 Å². The molecule has 0 heterocycles. The van der Waals surface area contributed by atoms with E-state index in [1.165, 1.54) is 0 Å². The number of amides is 3. The third-order valence-electron chi connectivity index (χ3n) is 3.83. The molecule has 1 aromatic carbocycles. The average molecular weight is 373 g/mol. The maximum Gasteiger partial charge on any atom is 0.408 e. The van der Waals surface area contributed by atoms with Crippen molar-refractivity contribution in [2.75, 3.05) is 17.2 Å². The Bertz CT molecular complexity index is 746. The van der Waals surface area contributed by atoms with Crippen molar-refractivity contribution in [1.29, 1.82) is 0 Å². The van der Waals surface area contributed by atoms with E-state index in [9.17, 15) is 14.4 Å². The molecule has 27 heavy (non-hydrogen) atoms. The van der Waals surface area contributed by atoms with Gasteiger partial charge in [-0.1, -0.05) is 17.7 Å². The highest BCUT2D eigenvalue weighted by Gasteiger charge is 2.23. The lowest BCUT2D eigenvalue weighted by atomic mass is 10.2. The van der Waals surface area contributed by atoms with Crippen LogP contribution in [0.2, 0.25) is 0 Å². The van der Waals surface area contributed by atoms with Crippen LogP contribution >= 0.6 is 0 Å². The third kappa shape index (κ3) is 7.52. The number of carbonyl (C=O) groups excluding carboxylic acids is 3. The Hall–Kier alpha value is -2.83. The van der Waals surface area contributed by atoms with Gasteiger partial charge in [-0.25, -0.2) is 4.79 Å². The summed E-state index contributed by atoms with van der Waals surface area (Å²) in [6.45, 7) is 6.94. The summed E-state index contributed by atoms with van der Waals surface area (Å²) in [5.41, 5.74) is 1.38. The van der Waals surface area contributed by atoms with Crippen LogP contribution in [0.3, 0.4) is 0 Å². The second-order valence-electron chi connectivity index (χ2n) is 7.60. The minimum absolute atomic E-state index is 0.229. The van der Waals surface area contributed by atoms with E-state index in [4.69, 9.17) is 4.74 Å². The first-order valence-corrected chi connectivity index (χ1v) is 8.99. The molecule has 0 unspecified atom stereocenters. The lowest BCUT2D eigenvalue weighted by Crippen LogP contribution is -2.37. The number of anilines is 2. The summed E-state index contributed by atoms with van der Waals surface area (Å²) in [4.78, 5) is 35.9. The van der Waals surface area contributed by atoms with Crippen molar-refractivity contribution in [3.8, 4) is 0 Å². The zero-order chi connectivity index (χ0) is 20.0. The summed E-state index contributed by atoms with van der Waals surface area (Å²) in [6.07, 6.45) is 3.19. The lowest BCUT2D eigenvalue weighted by Gasteiger charge is -2.19. The first kappa shape index (κ1) is 20.5. The number of benzene rings is 1. The SMILES string of the molecule is C/C(=C\C(=O)Nc1ccccc1NC(=O)CNC(=O)OC(C)(C)C)C1CC1. The zero-order valence-electron chi connectivity index (χ0n) is 16.2. The molecule has 0 aromatic heterocycles. The zero-order valence-corrected chi connectivity index (χ0v) is 16.2. The van der Waals surface area contributed by atoms with Crippen LogP contribution < -0.4 is 16.0 Å². The number of hydrogen-bond donors (Lipinski definition) is 3. The number of nitrogens with one attached hydrogen (secondary N) is 3. The van der Waals surface area contributed by atoms with E-state index in [1.54, 1.807) is 51.1 Å². The van der Waals surface area contributed by atoms with Crippen LogP contribution in [0.4, 0.5) is 16.2 Å². The van der Waals surface area contributed by atoms with Crippen LogP contribution in [0.1, 0.15) is 40.5 Å². The van der Waals surface area contributed by atoms with Crippen LogP contribution in [0.5, 0.6) is 0 Å². The molecule has 3 N–H and O–H groups in total. The van der Waals surface area contributed by atoms with Crippen molar-refractivity contribution in [2.45, 2.75) is 46.1 Å². The monoisotopic (exact) mass is 373 g/mol. The summed E-state index contributed by atoms with van der Waals surface area (Å²) < 4.78 is 5.08. The van der Waals surface area contributed by atoms with Gasteiger partial charge in [0.1, 0.15) is 12.1 Å². The highest BCUT2D eigenvalue weighted by Crippen LogP contribution is 2.36. The maximum atomic E-state index is 12.2. The molecule has 1 aromatic rings. The predicted octanol–water partition coefficient (Wildman–Crippen LogP) is 3.44. The molecule has 0 atom stereocenters. The van der Waals surface area contributed by atoms with E-state index in [2.05, 4.69) is 16.0 Å². The summed E-state index contributed by atoms with van der Waals surface area (Å²) >= 11 is 0. The molecule has 0 aliphatic heterocycles. The Balaban J connectivity index is 1.90. The summed E-state index contributed by atoms with van der Waals surface area (Å²) in [6, 6.07) is 6.90. The molecular weight excluding hydrogens is 346 g/mol. The van der Waals surface area contributed by atoms with Gasteiger partial charge < -0.3 is 20.7 Å². The van der Waals surface area contributed by atoms with Crippen molar-refractivity contribution in [2.24, 2.45) is 5.92 Å². The fourth-order valence-electron chi connectivity index (χ4n) is 2.39. The average Bonchev–Trinajstić information content (AvgIpc) is 3.38. The second kappa shape index (κ2) is 8.70. The van der Waals surface area contributed by atoms with Crippen LogP contribution in [-0.2, 0) is 14.3 Å². The molecule has 3 amide bonds. The largest absolute Gasteiger partial charge is 0.444 e. The predicted molar refractivity (Wildman–Crippen MR) is 104 cm³/mol. The van der Waals surface area contributed by atoms with E-state index in [1.807, 2.05) is 6.92 Å². The molecule has 1 saturated carbocycles. The quantitative estimate of drug-likeness (QED) is 0.666. The third-order valence-corrected chi connectivity index (χ3v) is 3.83. The van der Waals surface area contributed by atoms with Gasteiger partial charge in [-0.05, 0) is 58.6 Å². The Kier molecular flexibility index (Phi) is 6.60. The maximum absolute atomic E-state index is 12.2. The summed E-state index contributed by atoms with van der Waals surface area (Å²) in [5.74, 6) is -0.134. The number of ether oxygens (including phenoxy) is 1. The molecule has 7 nitrogen and oxygen atoms in total. The van der Waals surface area contributed by atoms with E-state index in [-0.39, 0.29) is 12.5 Å². The standard InChI is InChI=1S/C20H27N3O4/c1-13(14-9-10-14)11-17(24)22-15-7-5-6-8-16(15)23-18(25)12-21-19(26)27-20(2,3)4/h5-8,11,14H,9-10,12H2,1-4H3,(H,21,26)(H,22,24)(H,23,25)/b13-11+. The molecule has 1 aliphatic rings. The molecule has 7 heteroatoms. The van der Waals surface area contributed by atoms with Gasteiger partial charge in [0.2, 0.25) is 11.8 Å². The molecule has 2 rings (SSSR count). The van der Waals surface area contributed by atoms with E-state index in [0.29, 0.717) is 17.3 Å². The number of carbonyl (C=O) groups is 3. The van der Waals surface area contributed by atoms with Crippen LogP contribution in [-0.4, -0.2) is 30.1 Å². The molecule has 0 bridgehead atoms. The van der Waals surface area contributed by atoms with Crippen molar-refractivity contribution >= 4 is 29.3 Å². The molecule has 0 saturated heterocycles. The molecule has 1 fully saturated rings. The Morgan fingerprint density at radius 2 is 1.70 bits per heavy atom. The highest BCUT2D eigenvalue weighted by atomic mass is 16.6. The van der Waals surface area contributed by atoms with Gasteiger partial charge in [-0.3, -0.25) is 9.59 Å². The molecular formula is C20H27N3O4. The fourth-order valence-corrected chi connectivity index (χ4v) is 2.39. The number of alkyl carbamates (subject to hydrolysis) is 1. The van der Waals surface area contributed by atoms with Gasteiger partial charge in [0.05, 0.1) is 11.4 Å². The lowest BCUT2D eigenvalue weighted by molar-refractivity contribution is -0.115. The van der Waals surface area contributed by atoms with Gasteiger partial charge in [0.25, 0.3) is 0 Å². The minimum atomic E-state index is -0.667. The molecule has 146 valence electrons. The van der Waals surface area contributed by atoms with Crippen molar-refractivity contribution in [1.82, 2.24) is 5.32 Å². The van der Waals surface area contributed by atoms with E-state index >= 15 is 0 Å². The van der Waals surface area contributed by atoms with Gasteiger partial charge >= 0.3 is 6.09 Å². The van der Waals surface area contributed by atoms with Gasteiger partial charge in [-0.2, -0.15) is 0 Å². The summed E-state index contributed by atoms with van der Waals surface area (Å²) in [7, 11) is 0. The van der Waals surface area contributed by atoms with Crippen LogP contribution in [0, 0.1) is 5.92 Å². The minimum Gasteiger partial charge on any atom is -0.444 e. The topological polar surface area (TPSA) is 96.5 Å². The second-order valence-corrected chi connectivity index (χ2v) is 7.60. The normalized spacial score (nSPS) is 14.3. The van der Waals surface area contributed by atoms with Gasteiger partial charge in [-0.15, -0.1) is 0 Å². The van der Waals surface area contributed by atoms with Gasteiger partial charge in [0, 0.05) is 6.08 Å². The molecule has 0 spiro atoms. The highest BCUT2D eigenvalue weighted by molar-refractivity contribution is 6.04. The Labute approximate surface area is 159 Å².